The molecular weight excluding hydrogens is 280 g/mol. The van der Waals surface area contributed by atoms with Crippen molar-refractivity contribution >= 4 is 20.4 Å². The Labute approximate surface area is 141 Å². The van der Waals surface area contributed by atoms with Gasteiger partial charge in [-0.25, -0.2) is 0 Å². The van der Waals surface area contributed by atoms with Crippen LogP contribution in [0.1, 0.15) is 51.4 Å². The average molecular weight is 315 g/mol. The van der Waals surface area contributed by atoms with Crippen molar-refractivity contribution in [2.75, 3.05) is 28.4 Å². The van der Waals surface area contributed by atoms with Crippen LogP contribution in [0.15, 0.2) is 0 Å². The van der Waals surface area contributed by atoms with Crippen LogP contribution in [0.5, 0.6) is 0 Å². The van der Waals surface area contributed by atoms with E-state index in [1.54, 1.807) is 28.4 Å². The fourth-order valence-electron chi connectivity index (χ4n) is 2.52. The second kappa shape index (κ2) is 17.0. The lowest BCUT2D eigenvalue weighted by atomic mass is 10.2. The number of hydrogen-bond donors (Lipinski definition) is 0. The molecule has 0 atom stereocenters. The van der Waals surface area contributed by atoms with Crippen LogP contribution >= 0.6 is 0 Å². The predicted octanol–water partition coefficient (Wildman–Crippen LogP) is 3.89. The van der Waals surface area contributed by atoms with E-state index in [4.69, 9.17) is 18.9 Å². The maximum Gasteiger partial charge on any atom is 0.364 e. The molecule has 0 aromatic heterocycles. The third kappa shape index (κ3) is 14.0. The van der Waals surface area contributed by atoms with E-state index in [9.17, 15) is 0 Å². The van der Waals surface area contributed by atoms with Crippen molar-refractivity contribution in [3.05, 3.63) is 0 Å². The highest BCUT2D eigenvalue weighted by atomic mass is 24.5. The van der Waals surface area contributed by atoms with Crippen molar-refractivity contribution in [1.82, 2.24) is 0 Å². The lowest BCUT2D eigenvalue weighted by molar-refractivity contribution is -0.107. The summed E-state index contributed by atoms with van der Waals surface area (Å²) in [6.07, 6.45) is 9.88. The molecule has 21 heavy (non-hydrogen) atoms. The maximum absolute atomic E-state index is 5.18. The molecule has 4 nitrogen and oxygen atoms in total. The Hall–Kier alpha value is 0.606. The first-order valence-electron chi connectivity index (χ1n) is 8.39. The normalized spacial score (nSPS) is 11.3. The van der Waals surface area contributed by atoms with Gasteiger partial charge in [-0.2, -0.15) is 0 Å². The van der Waals surface area contributed by atoms with E-state index in [-0.39, 0.29) is 32.9 Å². The van der Waals surface area contributed by atoms with Crippen molar-refractivity contribution in [3.8, 4) is 0 Å². The first kappa shape index (κ1) is 21.6. The number of methoxy groups -OCH3 is 4. The van der Waals surface area contributed by atoms with Crippen molar-refractivity contribution in [2.45, 2.75) is 73.0 Å². The topological polar surface area (TPSA) is 36.9 Å². The SMILES string of the molecule is COC(CCCC[CH2][Mg][CH2]CCCCC(OC)OC)OC. The molecule has 0 aromatic rings. The molecule has 0 spiro atoms. The number of rotatable bonds is 16. The van der Waals surface area contributed by atoms with Gasteiger partial charge in [-0.3, -0.25) is 0 Å². The van der Waals surface area contributed by atoms with E-state index in [1.165, 1.54) is 47.6 Å². The summed E-state index contributed by atoms with van der Waals surface area (Å²) in [5.41, 5.74) is 0. The Morgan fingerprint density at radius 1 is 0.571 bits per heavy atom. The third-order valence-corrected chi connectivity index (χ3v) is 5.93. The smallest absolute Gasteiger partial charge is 0.356 e. The van der Waals surface area contributed by atoms with E-state index in [0.29, 0.717) is 0 Å². The molecule has 0 N–H and O–H groups in total. The monoisotopic (exact) mass is 314 g/mol. The molecule has 0 radical (unpaired) electrons. The van der Waals surface area contributed by atoms with Gasteiger partial charge >= 0.3 is 20.4 Å². The molecule has 5 heteroatoms. The van der Waals surface area contributed by atoms with Crippen LogP contribution in [0.25, 0.3) is 0 Å². The maximum atomic E-state index is 5.18. The van der Waals surface area contributed by atoms with Gasteiger partial charge < -0.3 is 18.9 Å². The molecule has 0 aliphatic heterocycles. The van der Waals surface area contributed by atoms with Gasteiger partial charge in [-0.05, 0) is 25.7 Å². The Kier molecular flexibility index (Phi) is 17.5. The first-order valence-corrected chi connectivity index (χ1v) is 10.4. The average Bonchev–Trinajstić information content (AvgIpc) is 2.52. The van der Waals surface area contributed by atoms with Crippen LogP contribution in [0.2, 0.25) is 9.10 Å². The molecule has 0 heterocycles. The number of ether oxygens (including phenoxy) is 4. The van der Waals surface area contributed by atoms with Gasteiger partial charge in [0.2, 0.25) is 0 Å². The van der Waals surface area contributed by atoms with Crippen LogP contribution in [-0.4, -0.2) is 61.4 Å². The fourth-order valence-corrected chi connectivity index (χ4v) is 4.29. The Morgan fingerprint density at radius 2 is 0.952 bits per heavy atom. The van der Waals surface area contributed by atoms with Crippen LogP contribution in [0.4, 0.5) is 0 Å². The number of hydrogen-bond acceptors (Lipinski definition) is 4. The van der Waals surface area contributed by atoms with E-state index in [1.807, 2.05) is 0 Å². The van der Waals surface area contributed by atoms with Crippen LogP contribution in [0, 0.1) is 0 Å². The van der Waals surface area contributed by atoms with Crippen molar-refractivity contribution in [2.24, 2.45) is 0 Å². The summed E-state index contributed by atoms with van der Waals surface area (Å²) in [5.74, 6) is 0. The summed E-state index contributed by atoms with van der Waals surface area (Å²) < 4.78 is 23.7. The highest BCUT2D eigenvalue weighted by Gasteiger charge is 2.05. The molecule has 0 aliphatic carbocycles. The molecule has 0 bridgehead atoms. The molecule has 0 unspecified atom stereocenters. The van der Waals surface area contributed by atoms with E-state index in [2.05, 4.69) is 0 Å². The summed E-state index contributed by atoms with van der Waals surface area (Å²) in [5, 5.41) is 0. The molecular formula is C16H34MgO4. The molecule has 0 fully saturated rings. The zero-order valence-electron chi connectivity index (χ0n) is 14.6. The predicted molar refractivity (Wildman–Crippen MR) is 87.9 cm³/mol. The van der Waals surface area contributed by atoms with Crippen LogP contribution in [0.3, 0.4) is 0 Å². The van der Waals surface area contributed by atoms with Gasteiger partial charge in [0.15, 0.2) is 12.6 Å². The van der Waals surface area contributed by atoms with E-state index >= 15 is 0 Å². The van der Waals surface area contributed by atoms with Gasteiger partial charge in [-0.15, -0.1) is 9.10 Å². The second-order valence-electron chi connectivity index (χ2n) is 5.56. The Bertz CT molecular complexity index is 177. The first-order chi connectivity index (χ1) is 10.3. The van der Waals surface area contributed by atoms with Gasteiger partial charge in [0.1, 0.15) is 0 Å². The van der Waals surface area contributed by atoms with Crippen LogP contribution in [-0.2, 0) is 18.9 Å². The summed E-state index contributed by atoms with van der Waals surface area (Å²) in [4.78, 5) is 0. The zero-order chi connectivity index (χ0) is 15.8. The van der Waals surface area contributed by atoms with Crippen LogP contribution < -0.4 is 0 Å². The number of unbranched alkanes of at least 4 members (excludes halogenated alkanes) is 4. The molecule has 0 amide bonds. The molecule has 0 aliphatic rings. The lowest BCUT2D eigenvalue weighted by Gasteiger charge is -2.12. The largest absolute Gasteiger partial charge is 0.364 e. The van der Waals surface area contributed by atoms with Gasteiger partial charge in [0, 0.05) is 28.4 Å². The molecule has 0 saturated heterocycles. The molecule has 0 rings (SSSR count). The summed E-state index contributed by atoms with van der Waals surface area (Å²) in [6, 6.07) is 0. The molecule has 0 aromatic carbocycles. The highest BCUT2D eigenvalue weighted by molar-refractivity contribution is 6.35. The van der Waals surface area contributed by atoms with Gasteiger partial charge in [-0.1, -0.05) is 25.7 Å². The minimum absolute atomic E-state index is 0.00901. The minimum Gasteiger partial charge on any atom is -0.356 e. The fraction of sp³-hybridized carbons (Fsp3) is 1.00. The van der Waals surface area contributed by atoms with Crippen molar-refractivity contribution in [3.63, 3.8) is 0 Å². The zero-order valence-corrected chi connectivity index (χ0v) is 16.0. The lowest BCUT2D eigenvalue weighted by Crippen LogP contribution is -2.12. The molecule has 0 saturated carbocycles. The Morgan fingerprint density at radius 3 is 1.29 bits per heavy atom. The standard InChI is InChI=1S/2C8H17O2.Mg/c2*1-4-5-6-7-8(9-2)10-3;/h2*8H,1,4-7H2,2-3H3;. The summed E-state index contributed by atoms with van der Waals surface area (Å²) in [7, 11) is 6.84. The van der Waals surface area contributed by atoms with E-state index in [0.717, 1.165) is 12.8 Å². The second-order valence-corrected chi connectivity index (χ2v) is 7.68. The highest BCUT2D eigenvalue weighted by Crippen LogP contribution is 2.11. The van der Waals surface area contributed by atoms with Gasteiger partial charge in [0.25, 0.3) is 0 Å². The molecule has 124 valence electrons. The van der Waals surface area contributed by atoms with E-state index < -0.39 is 0 Å². The van der Waals surface area contributed by atoms with Crippen molar-refractivity contribution in [1.29, 1.82) is 0 Å². The third-order valence-electron chi connectivity index (χ3n) is 3.93. The summed E-state index contributed by atoms with van der Waals surface area (Å²) >= 11 is 0.171. The Balaban J connectivity index is 3.15. The minimum atomic E-state index is -0.00901. The van der Waals surface area contributed by atoms with Gasteiger partial charge in [0.05, 0.1) is 0 Å². The summed E-state index contributed by atoms with van der Waals surface area (Å²) in [6.45, 7) is 0. The quantitative estimate of drug-likeness (QED) is 0.246. The van der Waals surface area contributed by atoms with Crippen molar-refractivity contribution < 1.29 is 18.9 Å².